The maximum absolute atomic E-state index is 10.3. The molecular weight excluding hydrogens is 468 g/mol. The first-order valence-electron chi connectivity index (χ1n) is 16.8. The zero-order chi connectivity index (χ0) is 27.3. The standard InChI is InChI=1S/C35H60O3/c1-22(9-10-26-30(37)25(36)21-38-26)23-13-18-32(4)24(23)14-19-34(6)28(32)11-12-29-33(5)17-8-16-31(2,3)27(33)15-20-35(29,34)7/h22-30,36-37H,8-21H2,1-7H3/t22-,23-,24+,25+,26-,27+,28-,29-,30+,32+,33+,34-,35-/m1/s1. The van der Waals surface area contributed by atoms with Crippen molar-refractivity contribution in [1.29, 1.82) is 0 Å². The Hall–Kier alpha value is -0.120. The van der Waals surface area contributed by atoms with Crippen molar-refractivity contribution in [3.05, 3.63) is 0 Å². The molecule has 2 N–H and O–H groups in total. The van der Waals surface area contributed by atoms with E-state index in [0.717, 1.165) is 42.4 Å². The van der Waals surface area contributed by atoms with E-state index in [1.807, 2.05) is 0 Å². The molecule has 6 fully saturated rings. The molecule has 0 bridgehead atoms. The van der Waals surface area contributed by atoms with Crippen LogP contribution in [0.2, 0.25) is 0 Å². The molecule has 0 spiro atoms. The summed E-state index contributed by atoms with van der Waals surface area (Å²) in [5, 5.41) is 20.2. The van der Waals surface area contributed by atoms with Crippen molar-refractivity contribution in [1.82, 2.24) is 0 Å². The Bertz CT molecular complexity index is 900. The van der Waals surface area contributed by atoms with E-state index >= 15 is 0 Å². The van der Waals surface area contributed by atoms with Gasteiger partial charge in [-0.1, -0.05) is 54.9 Å². The number of hydrogen-bond donors (Lipinski definition) is 2. The zero-order valence-electron chi connectivity index (χ0n) is 25.9. The van der Waals surface area contributed by atoms with Gasteiger partial charge >= 0.3 is 0 Å². The lowest BCUT2D eigenvalue weighted by Gasteiger charge is -2.73. The number of hydrogen-bond acceptors (Lipinski definition) is 3. The van der Waals surface area contributed by atoms with Crippen molar-refractivity contribution in [2.45, 2.75) is 150 Å². The Morgan fingerprint density at radius 1 is 0.737 bits per heavy atom. The fraction of sp³-hybridized carbons (Fsp3) is 1.00. The lowest BCUT2D eigenvalue weighted by atomic mass is 9.32. The molecule has 0 radical (unpaired) electrons. The van der Waals surface area contributed by atoms with Crippen LogP contribution >= 0.6 is 0 Å². The van der Waals surface area contributed by atoms with Crippen LogP contribution in [0.25, 0.3) is 0 Å². The summed E-state index contributed by atoms with van der Waals surface area (Å²) in [5.41, 5.74) is 2.51. The van der Waals surface area contributed by atoms with Gasteiger partial charge < -0.3 is 14.9 Å². The predicted octanol–water partition coefficient (Wildman–Crippen LogP) is 8.01. The van der Waals surface area contributed by atoms with E-state index in [0.29, 0.717) is 39.6 Å². The predicted molar refractivity (Wildman–Crippen MR) is 155 cm³/mol. The smallest absolute Gasteiger partial charge is 0.108 e. The van der Waals surface area contributed by atoms with Crippen LogP contribution in [0, 0.1) is 62.6 Å². The Morgan fingerprint density at radius 3 is 2.05 bits per heavy atom. The minimum atomic E-state index is -0.700. The first-order valence-corrected chi connectivity index (χ1v) is 16.8. The third kappa shape index (κ3) is 3.75. The Labute approximate surface area is 234 Å². The maximum Gasteiger partial charge on any atom is 0.108 e. The van der Waals surface area contributed by atoms with Gasteiger partial charge in [0.15, 0.2) is 0 Å². The van der Waals surface area contributed by atoms with Gasteiger partial charge in [0.05, 0.1) is 12.7 Å². The lowest BCUT2D eigenvalue weighted by Crippen LogP contribution is -2.65. The van der Waals surface area contributed by atoms with E-state index in [-0.39, 0.29) is 6.10 Å². The largest absolute Gasteiger partial charge is 0.388 e. The minimum absolute atomic E-state index is 0.175. The average molecular weight is 529 g/mol. The van der Waals surface area contributed by atoms with Crippen molar-refractivity contribution in [3.63, 3.8) is 0 Å². The van der Waals surface area contributed by atoms with Crippen molar-refractivity contribution < 1.29 is 14.9 Å². The topological polar surface area (TPSA) is 49.7 Å². The average Bonchev–Trinajstić information content (AvgIpc) is 3.36. The molecule has 13 atom stereocenters. The molecule has 1 aliphatic heterocycles. The summed E-state index contributed by atoms with van der Waals surface area (Å²) in [6, 6.07) is 0. The van der Waals surface area contributed by atoms with E-state index in [9.17, 15) is 10.2 Å². The second-order valence-corrected chi connectivity index (χ2v) is 17.3. The van der Waals surface area contributed by atoms with E-state index in [2.05, 4.69) is 48.5 Å². The van der Waals surface area contributed by atoms with Crippen molar-refractivity contribution in [3.8, 4) is 0 Å². The van der Waals surface area contributed by atoms with Crippen LogP contribution in [0.3, 0.4) is 0 Å². The molecule has 5 aliphatic carbocycles. The van der Waals surface area contributed by atoms with Crippen molar-refractivity contribution >= 4 is 0 Å². The van der Waals surface area contributed by atoms with Gasteiger partial charge in [0.25, 0.3) is 0 Å². The van der Waals surface area contributed by atoms with Crippen LogP contribution < -0.4 is 0 Å². The molecule has 6 rings (SSSR count). The van der Waals surface area contributed by atoms with Crippen LogP contribution in [0.5, 0.6) is 0 Å². The maximum atomic E-state index is 10.3. The first-order chi connectivity index (χ1) is 17.8. The molecular formula is C35H60O3. The SMILES string of the molecule is C[C@H](CC[C@H]1OC[C@H](O)[C@@H]1O)[C@H]1CC[C@]2(C)[C@H]3CC[C@@H]4[C@@]5(C)CCCC(C)(C)[C@@H]5CC[C@@]4(C)[C@]3(C)CC[C@@H]12. The summed E-state index contributed by atoms with van der Waals surface area (Å²) in [5.74, 6) is 5.03. The van der Waals surface area contributed by atoms with Gasteiger partial charge in [-0.05, 0) is 140 Å². The molecule has 1 saturated heterocycles. The van der Waals surface area contributed by atoms with E-state index < -0.39 is 12.2 Å². The van der Waals surface area contributed by atoms with Crippen molar-refractivity contribution in [2.24, 2.45) is 62.6 Å². The summed E-state index contributed by atoms with van der Waals surface area (Å²) in [4.78, 5) is 0. The molecule has 6 aliphatic rings. The molecule has 38 heavy (non-hydrogen) atoms. The number of ether oxygens (including phenoxy) is 1. The van der Waals surface area contributed by atoms with Crippen molar-refractivity contribution in [2.75, 3.05) is 6.61 Å². The highest BCUT2D eigenvalue weighted by Gasteiger charge is 2.70. The Kier molecular flexibility index (Phi) is 6.78. The fourth-order valence-corrected chi connectivity index (χ4v) is 13.6. The molecule has 0 unspecified atom stereocenters. The lowest BCUT2D eigenvalue weighted by molar-refractivity contribution is -0.241. The van der Waals surface area contributed by atoms with Crippen LogP contribution in [0.15, 0.2) is 0 Å². The number of rotatable bonds is 4. The fourth-order valence-electron chi connectivity index (χ4n) is 13.6. The molecule has 1 heterocycles. The first kappa shape index (κ1) is 28.0. The molecule has 218 valence electrons. The van der Waals surface area contributed by atoms with Gasteiger partial charge in [-0.25, -0.2) is 0 Å². The highest BCUT2D eigenvalue weighted by atomic mass is 16.5. The van der Waals surface area contributed by atoms with Crippen LogP contribution in [0.4, 0.5) is 0 Å². The van der Waals surface area contributed by atoms with Gasteiger partial charge in [-0.15, -0.1) is 0 Å². The molecule has 3 heteroatoms. The number of fused-ring (bicyclic) bond motifs is 7. The second-order valence-electron chi connectivity index (χ2n) is 17.3. The highest BCUT2D eigenvalue weighted by molar-refractivity contribution is 5.19. The van der Waals surface area contributed by atoms with E-state index in [1.165, 1.54) is 70.6 Å². The van der Waals surface area contributed by atoms with Gasteiger partial charge in [0.2, 0.25) is 0 Å². The normalized spacial score (nSPS) is 56.4. The molecule has 3 nitrogen and oxygen atoms in total. The summed E-state index contributed by atoms with van der Waals surface area (Å²) in [7, 11) is 0. The Balaban J connectivity index is 1.21. The number of aliphatic hydroxyl groups is 2. The van der Waals surface area contributed by atoms with Gasteiger partial charge in [0, 0.05) is 0 Å². The van der Waals surface area contributed by atoms with Gasteiger partial charge in [-0.2, -0.15) is 0 Å². The number of aliphatic hydroxyl groups excluding tert-OH is 2. The highest BCUT2D eigenvalue weighted by Crippen LogP contribution is 2.78. The van der Waals surface area contributed by atoms with Crippen LogP contribution in [-0.2, 0) is 4.74 Å². The summed E-state index contributed by atoms with van der Waals surface area (Å²) < 4.78 is 5.72. The third-order valence-corrected chi connectivity index (χ3v) is 15.7. The summed E-state index contributed by atoms with van der Waals surface area (Å²) in [6.45, 7) is 19.0. The Morgan fingerprint density at radius 2 is 1.39 bits per heavy atom. The van der Waals surface area contributed by atoms with Crippen LogP contribution in [0.1, 0.15) is 132 Å². The molecule has 5 saturated carbocycles. The van der Waals surface area contributed by atoms with Crippen LogP contribution in [-0.4, -0.2) is 35.1 Å². The molecule has 0 aromatic rings. The summed E-state index contributed by atoms with van der Waals surface area (Å²) in [6.07, 6.45) is 16.3. The summed E-state index contributed by atoms with van der Waals surface area (Å²) >= 11 is 0. The zero-order valence-corrected chi connectivity index (χ0v) is 25.9. The van der Waals surface area contributed by atoms with E-state index in [1.54, 1.807) is 0 Å². The molecule has 0 aromatic carbocycles. The minimum Gasteiger partial charge on any atom is -0.388 e. The molecule has 0 amide bonds. The van der Waals surface area contributed by atoms with E-state index in [4.69, 9.17) is 4.74 Å². The third-order valence-electron chi connectivity index (χ3n) is 15.7. The molecule has 0 aromatic heterocycles. The van der Waals surface area contributed by atoms with Gasteiger partial charge in [0.1, 0.15) is 12.2 Å². The monoisotopic (exact) mass is 528 g/mol. The quantitative estimate of drug-likeness (QED) is 0.388. The second kappa shape index (κ2) is 9.19. The van der Waals surface area contributed by atoms with Gasteiger partial charge in [-0.3, -0.25) is 0 Å².